The summed E-state index contributed by atoms with van der Waals surface area (Å²) < 4.78 is 40.0. The number of rotatable bonds is 7. The lowest BCUT2D eigenvalue weighted by molar-refractivity contribution is -0.134. The lowest BCUT2D eigenvalue weighted by atomic mass is 10.1. The quantitative estimate of drug-likeness (QED) is 0.704. The van der Waals surface area contributed by atoms with Gasteiger partial charge in [-0.15, -0.1) is 0 Å². The topological polar surface area (TPSA) is 86.8 Å². The molecule has 0 radical (unpaired) electrons. The summed E-state index contributed by atoms with van der Waals surface area (Å²) in [4.78, 5) is 26.3. The Kier molecular flexibility index (Phi) is 7.40. The molecule has 0 unspecified atom stereocenters. The molecule has 1 aliphatic heterocycles. The van der Waals surface area contributed by atoms with Gasteiger partial charge < -0.3 is 10.2 Å². The zero-order chi connectivity index (χ0) is 22.4. The van der Waals surface area contributed by atoms with E-state index in [0.29, 0.717) is 18.7 Å². The molecule has 7 nitrogen and oxygen atoms in total. The molecular formula is C22H26FN3O4S. The number of nitrogens with one attached hydrogen (secondary N) is 1. The highest BCUT2D eigenvalue weighted by atomic mass is 32.2. The van der Waals surface area contributed by atoms with Crippen LogP contribution < -0.4 is 5.32 Å². The number of carbonyl (C=O) groups is 2. The van der Waals surface area contributed by atoms with Gasteiger partial charge in [-0.05, 0) is 36.2 Å². The van der Waals surface area contributed by atoms with Gasteiger partial charge in [-0.2, -0.15) is 4.31 Å². The number of carbonyl (C=O) groups excluding carboxylic acids is 2. The molecule has 0 aromatic heterocycles. The van der Waals surface area contributed by atoms with E-state index in [4.69, 9.17) is 0 Å². The van der Waals surface area contributed by atoms with Crippen molar-refractivity contribution in [3.8, 4) is 0 Å². The van der Waals surface area contributed by atoms with Gasteiger partial charge >= 0.3 is 0 Å². The zero-order valence-corrected chi connectivity index (χ0v) is 18.2. The van der Waals surface area contributed by atoms with Gasteiger partial charge in [-0.1, -0.05) is 30.3 Å². The number of piperazine rings is 1. The first kappa shape index (κ1) is 22.9. The van der Waals surface area contributed by atoms with Crippen molar-refractivity contribution < 1.29 is 22.4 Å². The Labute approximate surface area is 181 Å². The molecule has 166 valence electrons. The predicted octanol–water partition coefficient (Wildman–Crippen LogP) is 2.06. The molecule has 0 saturated carbocycles. The van der Waals surface area contributed by atoms with Crippen LogP contribution in [-0.2, 0) is 26.2 Å². The minimum atomic E-state index is -3.57. The van der Waals surface area contributed by atoms with E-state index in [9.17, 15) is 22.4 Å². The molecule has 1 heterocycles. The number of hydrogen-bond acceptors (Lipinski definition) is 4. The standard InChI is InChI=1S/C22H26FN3O4S/c1-17-15-18(7-8-20(17)23)16-24-21(27)9-10-22(28)25-11-13-26(14-12-25)31(29,30)19-5-3-2-4-6-19/h2-8,15H,9-14,16H2,1H3,(H,24,27). The Hall–Kier alpha value is -2.78. The number of aryl methyl sites for hydroxylation is 1. The van der Waals surface area contributed by atoms with Crippen molar-refractivity contribution in [3.05, 3.63) is 65.5 Å². The summed E-state index contributed by atoms with van der Waals surface area (Å²) >= 11 is 0. The molecule has 0 spiro atoms. The molecule has 1 aliphatic rings. The first-order chi connectivity index (χ1) is 14.8. The third kappa shape index (κ3) is 5.89. The minimum absolute atomic E-state index is 0.0432. The largest absolute Gasteiger partial charge is 0.352 e. The van der Waals surface area contributed by atoms with Crippen LogP contribution >= 0.6 is 0 Å². The van der Waals surface area contributed by atoms with Gasteiger partial charge in [-0.25, -0.2) is 12.8 Å². The Morgan fingerprint density at radius 1 is 1.00 bits per heavy atom. The van der Waals surface area contributed by atoms with Gasteiger partial charge in [0.25, 0.3) is 0 Å². The molecule has 2 aromatic rings. The summed E-state index contributed by atoms with van der Waals surface area (Å²) in [5.41, 5.74) is 1.30. The maximum atomic E-state index is 13.3. The number of amides is 2. The normalized spacial score (nSPS) is 15.0. The van der Waals surface area contributed by atoms with Gasteiger partial charge in [-0.3, -0.25) is 9.59 Å². The fourth-order valence-corrected chi connectivity index (χ4v) is 4.85. The second-order valence-corrected chi connectivity index (χ2v) is 9.40. The Bertz CT molecular complexity index is 1040. The van der Waals surface area contributed by atoms with Crippen LogP contribution in [0.2, 0.25) is 0 Å². The monoisotopic (exact) mass is 447 g/mol. The van der Waals surface area contributed by atoms with Gasteiger partial charge in [0.1, 0.15) is 5.82 Å². The fourth-order valence-electron chi connectivity index (χ4n) is 3.40. The maximum absolute atomic E-state index is 13.3. The van der Waals surface area contributed by atoms with E-state index in [2.05, 4.69) is 5.32 Å². The number of nitrogens with zero attached hydrogens (tertiary/aromatic N) is 2. The second-order valence-electron chi connectivity index (χ2n) is 7.46. The summed E-state index contributed by atoms with van der Waals surface area (Å²) in [5, 5.41) is 2.73. The van der Waals surface area contributed by atoms with Gasteiger partial charge in [0, 0.05) is 45.6 Å². The molecule has 31 heavy (non-hydrogen) atoms. The molecule has 1 N–H and O–H groups in total. The van der Waals surface area contributed by atoms with Gasteiger partial charge in [0.05, 0.1) is 4.90 Å². The van der Waals surface area contributed by atoms with Crippen LogP contribution in [0.3, 0.4) is 0 Å². The molecule has 2 aromatic carbocycles. The highest BCUT2D eigenvalue weighted by Gasteiger charge is 2.29. The van der Waals surface area contributed by atoms with Crippen molar-refractivity contribution in [2.24, 2.45) is 0 Å². The molecule has 2 amide bonds. The second kappa shape index (κ2) is 10.0. The maximum Gasteiger partial charge on any atom is 0.243 e. The van der Waals surface area contributed by atoms with Crippen LogP contribution in [0.25, 0.3) is 0 Å². The molecule has 3 rings (SSSR count). The average molecular weight is 448 g/mol. The SMILES string of the molecule is Cc1cc(CNC(=O)CCC(=O)N2CCN(S(=O)(=O)c3ccccc3)CC2)ccc1F. The van der Waals surface area contributed by atoms with Crippen LogP contribution in [0.4, 0.5) is 4.39 Å². The van der Waals surface area contributed by atoms with Crippen LogP contribution in [0.5, 0.6) is 0 Å². The van der Waals surface area contributed by atoms with E-state index >= 15 is 0 Å². The molecule has 0 atom stereocenters. The summed E-state index contributed by atoms with van der Waals surface area (Å²) in [6, 6.07) is 12.9. The van der Waals surface area contributed by atoms with E-state index in [-0.39, 0.29) is 55.0 Å². The van der Waals surface area contributed by atoms with Crippen molar-refractivity contribution in [2.75, 3.05) is 26.2 Å². The first-order valence-corrected chi connectivity index (χ1v) is 11.6. The third-order valence-corrected chi connectivity index (χ3v) is 7.16. The minimum Gasteiger partial charge on any atom is -0.352 e. The number of sulfonamides is 1. The third-order valence-electron chi connectivity index (χ3n) is 5.25. The summed E-state index contributed by atoms with van der Waals surface area (Å²) in [7, 11) is -3.57. The van der Waals surface area contributed by atoms with E-state index < -0.39 is 10.0 Å². The van der Waals surface area contributed by atoms with E-state index in [0.717, 1.165) is 5.56 Å². The van der Waals surface area contributed by atoms with E-state index in [1.807, 2.05) is 0 Å². The fraction of sp³-hybridized carbons (Fsp3) is 0.364. The molecular weight excluding hydrogens is 421 g/mol. The highest BCUT2D eigenvalue weighted by Crippen LogP contribution is 2.17. The van der Waals surface area contributed by atoms with Crippen LogP contribution in [0.1, 0.15) is 24.0 Å². The molecule has 1 fully saturated rings. The zero-order valence-electron chi connectivity index (χ0n) is 17.4. The van der Waals surface area contributed by atoms with Crippen molar-refractivity contribution in [3.63, 3.8) is 0 Å². The number of halogens is 1. The van der Waals surface area contributed by atoms with E-state index in [1.54, 1.807) is 54.3 Å². The average Bonchev–Trinajstić information content (AvgIpc) is 2.79. The van der Waals surface area contributed by atoms with Crippen molar-refractivity contribution >= 4 is 21.8 Å². The van der Waals surface area contributed by atoms with Crippen LogP contribution in [0.15, 0.2) is 53.4 Å². The van der Waals surface area contributed by atoms with Gasteiger partial charge in [0.2, 0.25) is 21.8 Å². The molecule has 0 aliphatic carbocycles. The van der Waals surface area contributed by atoms with Crippen molar-refractivity contribution in [1.29, 1.82) is 0 Å². The number of hydrogen-bond donors (Lipinski definition) is 1. The van der Waals surface area contributed by atoms with E-state index in [1.165, 1.54) is 10.4 Å². The van der Waals surface area contributed by atoms with Crippen LogP contribution in [0, 0.1) is 12.7 Å². The number of benzene rings is 2. The molecule has 0 bridgehead atoms. The predicted molar refractivity (Wildman–Crippen MR) is 114 cm³/mol. The summed E-state index contributed by atoms with van der Waals surface area (Å²) in [6.07, 6.45) is 0.0985. The molecule has 9 heteroatoms. The Balaban J connectivity index is 1.42. The molecule has 1 saturated heterocycles. The van der Waals surface area contributed by atoms with Crippen molar-refractivity contribution in [1.82, 2.24) is 14.5 Å². The lowest BCUT2D eigenvalue weighted by Crippen LogP contribution is -2.50. The Morgan fingerprint density at radius 2 is 1.68 bits per heavy atom. The Morgan fingerprint density at radius 3 is 2.32 bits per heavy atom. The smallest absolute Gasteiger partial charge is 0.243 e. The summed E-state index contributed by atoms with van der Waals surface area (Å²) in [5.74, 6) is -0.734. The lowest BCUT2D eigenvalue weighted by Gasteiger charge is -2.34. The van der Waals surface area contributed by atoms with Crippen molar-refractivity contribution in [2.45, 2.75) is 31.2 Å². The first-order valence-electron chi connectivity index (χ1n) is 10.1. The van der Waals surface area contributed by atoms with Gasteiger partial charge in [0.15, 0.2) is 0 Å². The highest BCUT2D eigenvalue weighted by molar-refractivity contribution is 7.89. The summed E-state index contributed by atoms with van der Waals surface area (Å²) in [6.45, 7) is 2.95. The van der Waals surface area contributed by atoms with Crippen LogP contribution in [-0.4, -0.2) is 55.6 Å².